The third-order valence-corrected chi connectivity index (χ3v) is 3.94. The lowest BCUT2D eigenvalue weighted by molar-refractivity contribution is -0.140. The van der Waals surface area contributed by atoms with Crippen LogP contribution in [-0.2, 0) is 9.53 Å². The largest absolute Gasteiger partial charge is 0.469 e. The molecule has 17 heavy (non-hydrogen) atoms. The van der Waals surface area contributed by atoms with Crippen LogP contribution >= 0.6 is 0 Å². The van der Waals surface area contributed by atoms with Gasteiger partial charge in [-0.05, 0) is 44.2 Å². The second-order valence-corrected chi connectivity index (χ2v) is 5.18. The van der Waals surface area contributed by atoms with Gasteiger partial charge in [0.05, 0.1) is 7.11 Å². The molecule has 1 rings (SSSR count). The number of esters is 1. The monoisotopic (exact) mass is 241 g/mol. The van der Waals surface area contributed by atoms with Crippen molar-refractivity contribution >= 4 is 5.97 Å². The van der Waals surface area contributed by atoms with Gasteiger partial charge in [-0.2, -0.15) is 0 Å². The summed E-state index contributed by atoms with van der Waals surface area (Å²) < 4.78 is 4.60. The zero-order valence-electron chi connectivity index (χ0n) is 11.3. The van der Waals surface area contributed by atoms with Crippen molar-refractivity contribution in [3.63, 3.8) is 0 Å². The molecule has 0 heterocycles. The van der Waals surface area contributed by atoms with E-state index in [1.165, 1.54) is 39.2 Å². The van der Waals surface area contributed by atoms with Gasteiger partial charge in [0, 0.05) is 6.42 Å². The summed E-state index contributed by atoms with van der Waals surface area (Å²) in [4.78, 5) is 10.9. The summed E-state index contributed by atoms with van der Waals surface area (Å²) in [5.74, 6) is 1.73. The predicted octanol–water partition coefficient (Wildman–Crippen LogP) is 2.75. The lowest BCUT2D eigenvalue weighted by Crippen LogP contribution is -2.27. The second-order valence-electron chi connectivity index (χ2n) is 5.18. The summed E-state index contributed by atoms with van der Waals surface area (Å²) in [5.41, 5.74) is 0. The summed E-state index contributed by atoms with van der Waals surface area (Å²) in [6, 6.07) is 0. The fourth-order valence-electron chi connectivity index (χ4n) is 2.61. The third-order valence-electron chi connectivity index (χ3n) is 3.94. The van der Waals surface area contributed by atoms with Crippen LogP contribution in [-0.4, -0.2) is 26.2 Å². The highest BCUT2D eigenvalue weighted by atomic mass is 16.5. The quantitative estimate of drug-likeness (QED) is 0.550. The highest BCUT2D eigenvalue weighted by molar-refractivity contribution is 5.69. The summed E-state index contributed by atoms with van der Waals surface area (Å²) in [6.07, 6.45) is 8.34. The molecule has 1 aliphatic rings. The molecule has 1 N–H and O–H groups in total. The number of carbonyl (C=O) groups is 1. The summed E-state index contributed by atoms with van der Waals surface area (Å²) in [5, 5.41) is 3.46. The first-order chi connectivity index (χ1) is 8.26. The maximum absolute atomic E-state index is 10.9. The maximum atomic E-state index is 10.9. The van der Waals surface area contributed by atoms with E-state index in [0.29, 0.717) is 6.42 Å². The number of hydrogen-bond acceptors (Lipinski definition) is 3. The van der Waals surface area contributed by atoms with E-state index in [2.05, 4.69) is 17.0 Å². The first-order valence-electron chi connectivity index (χ1n) is 7.03. The molecule has 0 amide bonds. The first-order valence-corrected chi connectivity index (χ1v) is 7.03. The van der Waals surface area contributed by atoms with Crippen LogP contribution in [0.25, 0.3) is 0 Å². The number of carbonyl (C=O) groups excluding carboxylic acids is 1. The van der Waals surface area contributed by atoms with Crippen molar-refractivity contribution in [2.24, 2.45) is 11.8 Å². The summed E-state index contributed by atoms with van der Waals surface area (Å²) in [6.45, 7) is 4.36. The molecule has 0 spiro atoms. The number of ether oxygens (including phenoxy) is 1. The molecule has 0 bridgehead atoms. The molecule has 1 fully saturated rings. The molecule has 0 aromatic carbocycles. The Morgan fingerprint density at radius 3 is 2.47 bits per heavy atom. The van der Waals surface area contributed by atoms with Crippen LogP contribution in [0, 0.1) is 11.8 Å². The van der Waals surface area contributed by atoms with Gasteiger partial charge in [0.1, 0.15) is 0 Å². The third kappa shape index (κ3) is 6.06. The fourth-order valence-corrected chi connectivity index (χ4v) is 2.61. The van der Waals surface area contributed by atoms with Gasteiger partial charge in [-0.15, -0.1) is 0 Å². The highest BCUT2D eigenvalue weighted by Crippen LogP contribution is 2.29. The average molecular weight is 241 g/mol. The van der Waals surface area contributed by atoms with E-state index in [-0.39, 0.29) is 5.97 Å². The molecule has 3 heteroatoms. The molecule has 1 aliphatic carbocycles. The van der Waals surface area contributed by atoms with Crippen LogP contribution in [0.1, 0.15) is 51.9 Å². The number of nitrogens with one attached hydrogen (secondary N) is 1. The van der Waals surface area contributed by atoms with E-state index in [1.54, 1.807) is 0 Å². The Balaban J connectivity index is 1.95. The molecule has 0 unspecified atom stereocenters. The topological polar surface area (TPSA) is 38.3 Å². The van der Waals surface area contributed by atoms with Crippen LogP contribution in [0.3, 0.4) is 0 Å². The standard InChI is InChI=1S/C14H27NO2/c1-3-12-6-8-13(9-7-12)11-15-10-4-5-14(16)17-2/h12-13,15H,3-11H2,1-2H3. The van der Waals surface area contributed by atoms with E-state index < -0.39 is 0 Å². The van der Waals surface area contributed by atoms with E-state index in [4.69, 9.17) is 0 Å². The van der Waals surface area contributed by atoms with Gasteiger partial charge in [-0.3, -0.25) is 4.79 Å². The Bertz CT molecular complexity index is 210. The van der Waals surface area contributed by atoms with Gasteiger partial charge in [0.15, 0.2) is 0 Å². The highest BCUT2D eigenvalue weighted by Gasteiger charge is 2.19. The predicted molar refractivity (Wildman–Crippen MR) is 69.9 cm³/mol. The molecule has 0 aliphatic heterocycles. The van der Waals surface area contributed by atoms with Crippen LogP contribution in [0.4, 0.5) is 0 Å². The molecule has 100 valence electrons. The van der Waals surface area contributed by atoms with Gasteiger partial charge in [0.2, 0.25) is 0 Å². The van der Waals surface area contributed by atoms with E-state index in [1.807, 2.05) is 0 Å². The Hall–Kier alpha value is -0.570. The van der Waals surface area contributed by atoms with Crippen LogP contribution < -0.4 is 5.32 Å². The van der Waals surface area contributed by atoms with Crippen LogP contribution in [0.15, 0.2) is 0 Å². The minimum Gasteiger partial charge on any atom is -0.469 e. The van der Waals surface area contributed by atoms with Gasteiger partial charge in [0.25, 0.3) is 0 Å². The number of rotatable bonds is 7. The zero-order valence-corrected chi connectivity index (χ0v) is 11.3. The fraction of sp³-hybridized carbons (Fsp3) is 0.929. The lowest BCUT2D eigenvalue weighted by Gasteiger charge is -2.27. The minimum atomic E-state index is -0.102. The van der Waals surface area contributed by atoms with Crippen molar-refractivity contribution in [2.75, 3.05) is 20.2 Å². The summed E-state index contributed by atoms with van der Waals surface area (Å²) in [7, 11) is 1.45. The van der Waals surface area contributed by atoms with Crippen molar-refractivity contribution in [2.45, 2.75) is 51.9 Å². The summed E-state index contributed by atoms with van der Waals surface area (Å²) >= 11 is 0. The van der Waals surface area contributed by atoms with Gasteiger partial charge in [-0.1, -0.05) is 26.2 Å². The van der Waals surface area contributed by atoms with Gasteiger partial charge < -0.3 is 10.1 Å². The van der Waals surface area contributed by atoms with Gasteiger partial charge >= 0.3 is 5.97 Å². The number of methoxy groups -OCH3 is 1. The molecule has 0 aromatic heterocycles. The van der Waals surface area contributed by atoms with E-state index in [9.17, 15) is 4.79 Å². The second kappa shape index (κ2) is 8.51. The smallest absolute Gasteiger partial charge is 0.305 e. The molecule has 0 saturated heterocycles. The molecule has 0 aromatic rings. The van der Waals surface area contributed by atoms with Crippen molar-refractivity contribution in [1.29, 1.82) is 0 Å². The average Bonchev–Trinajstić information content (AvgIpc) is 2.38. The van der Waals surface area contributed by atoms with Crippen molar-refractivity contribution in [3.05, 3.63) is 0 Å². The van der Waals surface area contributed by atoms with Crippen molar-refractivity contribution in [1.82, 2.24) is 5.32 Å². The van der Waals surface area contributed by atoms with E-state index in [0.717, 1.165) is 31.3 Å². The Kier molecular flexibility index (Phi) is 7.25. The normalized spacial score (nSPS) is 24.6. The minimum absolute atomic E-state index is 0.102. The molecule has 1 saturated carbocycles. The van der Waals surface area contributed by atoms with Gasteiger partial charge in [-0.25, -0.2) is 0 Å². The number of hydrogen-bond donors (Lipinski definition) is 1. The molecular weight excluding hydrogens is 214 g/mol. The van der Waals surface area contributed by atoms with Crippen LogP contribution in [0.5, 0.6) is 0 Å². The van der Waals surface area contributed by atoms with Crippen molar-refractivity contribution in [3.8, 4) is 0 Å². The van der Waals surface area contributed by atoms with E-state index >= 15 is 0 Å². The Morgan fingerprint density at radius 1 is 1.24 bits per heavy atom. The first kappa shape index (κ1) is 14.5. The Morgan fingerprint density at radius 2 is 1.88 bits per heavy atom. The van der Waals surface area contributed by atoms with Crippen LogP contribution in [0.2, 0.25) is 0 Å². The SMILES string of the molecule is CCC1CCC(CNCCCC(=O)OC)CC1. The van der Waals surface area contributed by atoms with Crippen molar-refractivity contribution < 1.29 is 9.53 Å². The lowest BCUT2D eigenvalue weighted by atomic mass is 9.81. The molecule has 3 nitrogen and oxygen atoms in total. The maximum Gasteiger partial charge on any atom is 0.305 e. The Labute approximate surface area is 105 Å². The molecule has 0 radical (unpaired) electrons. The molecule has 0 atom stereocenters. The molecular formula is C14H27NO2. The zero-order chi connectivity index (χ0) is 12.5.